The lowest BCUT2D eigenvalue weighted by atomic mass is 9.97. The summed E-state index contributed by atoms with van der Waals surface area (Å²) in [4.78, 5) is 4.87. The Morgan fingerprint density at radius 1 is 1.14 bits per heavy atom. The standard InChI is InChI=1S/C22H27N5O/c1-15-10-16(13-23)11-20(28)21(15)19-12-17-6-5-9-27(22(17)25-24-19)18-7-3-4-8-26(2)14-18/h10-12,18,28H,3-9,14H2,1-2H3. The Kier molecular flexibility index (Phi) is 5.19. The van der Waals surface area contributed by atoms with Crippen LogP contribution in [-0.4, -0.2) is 52.9 Å². The molecular formula is C22H27N5O. The van der Waals surface area contributed by atoms with Crippen molar-refractivity contribution in [3.63, 3.8) is 0 Å². The lowest BCUT2D eigenvalue weighted by molar-refractivity contribution is 0.323. The maximum atomic E-state index is 10.4. The number of aromatic hydroxyl groups is 1. The number of phenolic OH excluding ortho intramolecular Hbond substituents is 1. The molecule has 4 rings (SSSR count). The van der Waals surface area contributed by atoms with Gasteiger partial charge >= 0.3 is 0 Å². The Hall–Kier alpha value is -2.65. The van der Waals surface area contributed by atoms with Crippen molar-refractivity contribution in [2.45, 2.75) is 45.1 Å². The summed E-state index contributed by atoms with van der Waals surface area (Å²) in [7, 11) is 2.20. The number of rotatable bonds is 2. The Morgan fingerprint density at radius 2 is 2.00 bits per heavy atom. The topological polar surface area (TPSA) is 76.3 Å². The summed E-state index contributed by atoms with van der Waals surface area (Å²) < 4.78 is 0. The first-order chi connectivity index (χ1) is 13.6. The Bertz CT molecular complexity index is 897. The van der Waals surface area contributed by atoms with Gasteiger partial charge in [-0.2, -0.15) is 5.26 Å². The van der Waals surface area contributed by atoms with Crippen molar-refractivity contribution in [2.75, 3.05) is 31.6 Å². The quantitative estimate of drug-likeness (QED) is 0.866. The van der Waals surface area contributed by atoms with E-state index < -0.39 is 0 Å². The number of nitriles is 1. The predicted octanol–water partition coefficient (Wildman–Crippen LogP) is 3.27. The molecule has 0 aliphatic carbocycles. The van der Waals surface area contributed by atoms with E-state index in [2.05, 4.69) is 39.2 Å². The van der Waals surface area contributed by atoms with Crippen LogP contribution in [0.3, 0.4) is 0 Å². The van der Waals surface area contributed by atoms with Crippen LogP contribution in [0, 0.1) is 18.3 Å². The summed E-state index contributed by atoms with van der Waals surface area (Å²) in [5.74, 6) is 1.09. The van der Waals surface area contributed by atoms with Crippen LogP contribution >= 0.6 is 0 Å². The van der Waals surface area contributed by atoms with Gasteiger partial charge in [-0.1, -0.05) is 6.42 Å². The van der Waals surface area contributed by atoms with E-state index in [0.717, 1.165) is 37.3 Å². The first kappa shape index (κ1) is 18.7. The average Bonchev–Trinajstić information content (AvgIpc) is 2.91. The van der Waals surface area contributed by atoms with Crippen LogP contribution in [0.2, 0.25) is 0 Å². The first-order valence-electron chi connectivity index (χ1n) is 10.1. The highest BCUT2D eigenvalue weighted by molar-refractivity contribution is 5.73. The summed E-state index contributed by atoms with van der Waals surface area (Å²) in [5.41, 5.74) is 3.84. The summed E-state index contributed by atoms with van der Waals surface area (Å²) in [6.07, 6.45) is 5.80. The number of benzene rings is 1. The van der Waals surface area contributed by atoms with E-state index in [1.807, 2.05) is 6.92 Å². The van der Waals surface area contributed by atoms with E-state index in [-0.39, 0.29) is 5.75 Å². The van der Waals surface area contributed by atoms with Crippen LogP contribution < -0.4 is 4.90 Å². The highest BCUT2D eigenvalue weighted by Crippen LogP contribution is 2.36. The molecule has 2 aromatic rings. The molecule has 0 bridgehead atoms. The fraction of sp³-hybridized carbons (Fsp3) is 0.500. The van der Waals surface area contributed by atoms with E-state index in [9.17, 15) is 5.11 Å². The molecule has 0 saturated carbocycles. The molecule has 3 heterocycles. The lowest BCUT2D eigenvalue weighted by Crippen LogP contribution is -2.45. The molecule has 28 heavy (non-hydrogen) atoms. The predicted molar refractivity (Wildman–Crippen MR) is 109 cm³/mol. The largest absolute Gasteiger partial charge is 0.507 e. The normalized spacial score (nSPS) is 20.3. The molecule has 146 valence electrons. The number of phenols is 1. The van der Waals surface area contributed by atoms with E-state index in [4.69, 9.17) is 5.26 Å². The van der Waals surface area contributed by atoms with Gasteiger partial charge in [-0.15, -0.1) is 10.2 Å². The zero-order valence-electron chi connectivity index (χ0n) is 16.6. The Morgan fingerprint density at radius 3 is 2.79 bits per heavy atom. The molecule has 1 unspecified atom stereocenters. The minimum atomic E-state index is 0.0869. The summed E-state index contributed by atoms with van der Waals surface area (Å²) >= 11 is 0. The molecule has 1 atom stereocenters. The third-order valence-electron chi connectivity index (χ3n) is 5.96. The molecule has 2 aliphatic rings. The second-order valence-corrected chi connectivity index (χ2v) is 8.09. The third-order valence-corrected chi connectivity index (χ3v) is 5.96. The minimum absolute atomic E-state index is 0.0869. The van der Waals surface area contributed by atoms with E-state index in [1.165, 1.54) is 37.4 Å². The third kappa shape index (κ3) is 3.55. The van der Waals surface area contributed by atoms with Crippen molar-refractivity contribution in [1.29, 1.82) is 5.26 Å². The number of anilines is 1. The van der Waals surface area contributed by atoms with Gasteiger partial charge in [0.2, 0.25) is 0 Å². The van der Waals surface area contributed by atoms with Crippen LogP contribution in [0.4, 0.5) is 5.82 Å². The molecule has 1 fully saturated rings. The Labute approximate surface area is 166 Å². The number of likely N-dealkylation sites (N-methyl/N-ethyl adjacent to an activating group) is 1. The fourth-order valence-corrected chi connectivity index (χ4v) is 4.60. The van der Waals surface area contributed by atoms with Crippen LogP contribution in [-0.2, 0) is 6.42 Å². The van der Waals surface area contributed by atoms with Gasteiger partial charge in [-0.25, -0.2) is 0 Å². The zero-order valence-corrected chi connectivity index (χ0v) is 16.6. The van der Waals surface area contributed by atoms with Gasteiger partial charge in [0, 0.05) is 24.7 Å². The van der Waals surface area contributed by atoms with Crippen molar-refractivity contribution >= 4 is 5.82 Å². The molecule has 6 nitrogen and oxygen atoms in total. The highest BCUT2D eigenvalue weighted by Gasteiger charge is 2.28. The maximum Gasteiger partial charge on any atom is 0.154 e. The number of nitrogens with zero attached hydrogens (tertiary/aromatic N) is 5. The summed E-state index contributed by atoms with van der Waals surface area (Å²) in [6.45, 7) is 5.16. The summed E-state index contributed by atoms with van der Waals surface area (Å²) in [6, 6.07) is 7.92. The van der Waals surface area contributed by atoms with Gasteiger partial charge in [0.05, 0.1) is 17.3 Å². The molecular weight excluding hydrogens is 350 g/mol. The van der Waals surface area contributed by atoms with Gasteiger partial charge in [0.15, 0.2) is 5.82 Å². The van der Waals surface area contributed by atoms with E-state index >= 15 is 0 Å². The molecule has 0 spiro atoms. The monoisotopic (exact) mass is 377 g/mol. The van der Waals surface area contributed by atoms with Crippen LogP contribution in [0.15, 0.2) is 18.2 Å². The molecule has 1 aromatic carbocycles. The van der Waals surface area contributed by atoms with E-state index in [1.54, 1.807) is 6.07 Å². The van der Waals surface area contributed by atoms with Gasteiger partial charge in [-0.3, -0.25) is 0 Å². The number of aryl methyl sites for hydroxylation is 2. The average molecular weight is 377 g/mol. The second kappa shape index (κ2) is 7.76. The maximum absolute atomic E-state index is 10.4. The number of hydrogen-bond donors (Lipinski definition) is 1. The van der Waals surface area contributed by atoms with Crippen molar-refractivity contribution in [2.24, 2.45) is 0 Å². The minimum Gasteiger partial charge on any atom is -0.507 e. The Balaban J connectivity index is 1.68. The lowest BCUT2D eigenvalue weighted by Gasteiger charge is -2.37. The highest BCUT2D eigenvalue weighted by atomic mass is 16.3. The van der Waals surface area contributed by atoms with Gasteiger partial charge < -0.3 is 14.9 Å². The number of hydrogen-bond acceptors (Lipinski definition) is 6. The van der Waals surface area contributed by atoms with Crippen LogP contribution in [0.1, 0.15) is 42.4 Å². The van der Waals surface area contributed by atoms with Crippen molar-refractivity contribution in [3.05, 3.63) is 34.9 Å². The van der Waals surface area contributed by atoms with Crippen LogP contribution in [0.25, 0.3) is 11.3 Å². The molecule has 1 N–H and O–H groups in total. The fourth-order valence-electron chi connectivity index (χ4n) is 4.60. The molecule has 1 aromatic heterocycles. The number of fused-ring (bicyclic) bond motifs is 1. The van der Waals surface area contributed by atoms with Gasteiger partial charge in [0.25, 0.3) is 0 Å². The number of likely N-dealkylation sites (tertiary alicyclic amines) is 1. The molecule has 2 aliphatic heterocycles. The second-order valence-electron chi connectivity index (χ2n) is 8.09. The molecule has 0 radical (unpaired) electrons. The first-order valence-corrected chi connectivity index (χ1v) is 10.1. The van der Waals surface area contributed by atoms with Crippen LogP contribution in [0.5, 0.6) is 5.75 Å². The zero-order chi connectivity index (χ0) is 19.7. The van der Waals surface area contributed by atoms with E-state index in [0.29, 0.717) is 22.9 Å². The van der Waals surface area contributed by atoms with Crippen molar-refractivity contribution < 1.29 is 5.11 Å². The smallest absolute Gasteiger partial charge is 0.154 e. The summed E-state index contributed by atoms with van der Waals surface area (Å²) in [5, 5.41) is 28.6. The van der Waals surface area contributed by atoms with Gasteiger partial charge in [0.1, 0.15) is 5.75 Å². The van der Waals surface area contributed by atoms with Gasteiger partial charge in [-0.05, 0) is 75.5 Å². The van der Waals surface area contributed by atoms with Crippen molar-refractivity contribution in [3.8, 4) is 23.1 Å². The SMILES string of the molecule is Cc1cc(C#N)cc(O)c1-c1cc2c(nn1)N(C1CCCCN(C)C1)CCC2. The van der Waals surface area contributed by atoms with Crippen molar-refractivity contribution in [1.82, 2.24) is 15.1 Å². The molecule has 1 saturated heterocycles. The molecule has 0 amide bonds. The molecule has 6 heteroatoms. The number of aromatic nitrogens is 2.